The minimum Gasteiger partial charge on any atom is -0.393 e. The molecule has 0 radical (unpaired) electrons. The summed E-state index contributed by atoms with van der Waals surface area (Å²) >= 11 is 0. The Balaban J connectivity index is 1.70. The summed E-state index contributed by atoms with van der Waals surface area (Å²) in [6, 6.07) is 2.45. The highest BCUT2D eigenvalue weighted by Gasteiger charge is 2.41. The van der Waals surface area contributed by atoms with Crippen LogP contribution in [0.2, 0.25) is 0 Å². The number of aliphatic hydroxyl groups excluding tert-OH is 1. The molecule has 2 rings (SSSR count). The van der Waals surface area contributed by atoms with E-state index < -0.39 is 0 Å². The molecule has 0 aliphatic heterocycles. The van der Waals surface area contributed by atoms with E-state index in [0.29, 0.717) is 11.8 Å². The van der Waals surface area contributed by atoms with E-state index in [1.807, 2.05) is 0 Å². The lowest BCUT2D eigenvalue weighted by molar-refractivity contribution is -0.0436. The molecule has 0 bridgehead atoms. The minimum atomic E-state index is -0.0989. The lowest BCUT2D eigenvalue weighted by Crippen LogP contribution is -2.40. The highest BCUT2D eigenvalue weighted by Crippen LogP contribution is 2.48. The summed E-state index contributed by atoms with van der Waals surface area (Å²) in [7, 11) is 0. The molecular formula is C16H27NO. The minimum absolute atomic E-state index is 0.0989. The topological polar surface area (TPSA) is 44.0 Å². The lowest BCUT2D eigenvalue weighted by atomic mass is 9.62. The van der Waals surface area contributed by atoms with E-state index in [-0.39, 0.29) is 11.5 Å². The molecule has 0 heterocycles. The zero-order valence-electron chi connectivity index (χ0n) is 11.7. The quantitative estimate of drug-likeness (QED) is 0.772. The van der Waals surface area contributed by atoms with Crippen molar-refractivity contribution in [2.24, 2.45) is 17.3 Å². The molecule has 0 amide bonds. The van der Waals surface area contributed by atoms with Gasteiger partial charge in [0.15, 0.2) is 0 Å². The van der Waals surface area contributed by atoms with Gasteiger partial charge in [0.2, 0.25) is 0 Å². The molecule has 2 saturated carbocycles. The van der Waals surface area contributed by atoms with Crippen molar-refractivity contribution in [3.8, 4) is 6.07 Å². The van der Waals surface area contributed by atoms with Crippen molar-refractivity contribution in [3.63, 3.8) is 0 Å². The molecule has 2 aliphatic rings. The summed E-state index contributed by atoms with van der Waals surface area (Å²) in [6.45, 7) is 2.21. The zero-order valence-corrected chi connectivity index (χ0v) is 11.7. The number of hydrogen-bond acceptors (Lipinski definition) is 2. The van der Waals surface area contributed by atoms with Crippen LogP contribution >= 0.6 is 0 Å². The maximum atomic E-state index is 10.4. The molecule has 0 saturated heterocycles. The van der Waals surface area contributed by atoms with E-state index in [4.69, 9.17) is 5.26 Å². The molecule has 1 unspecified atom stereocenters. The van der Waals surface area contributed by atoms with Crippen LogP contribution in [0.4, 0.5) is 0 Å². The Labute approximate surface area is 111 Å². The average molecular weight is 249 g/mol. The Morgan fingerprint density at radius 1 is 1.33 bits per heavy atom. The summed E-state index contributed by atoms with van der Waals surface area (Å²) in [5.41, 5.74) is 0.254. The molecule has 0 aromatic rings. The fourth-order valence-electron chi connectivity index (χ4n) is 3.99. The first kappa shape index (κ1) is 13.9. The van der Waals surface area contributed by atoms with Gasteiger partial charge in [-0.1, -0.05) is 26.2 Å². The van der Waals surface area contributed by atoms with Crippen molar-refractivity contribution in [2.45, 2.75) is 77.2 Å². The van der Waals surface area contributed by atoms with E-state index in [2.05, 4.69) is 13.0 Å². The van der Waals surface area contributed by atoms with Crippen molar-refractivity contribution < 1.29 is 5.11 Å². The third-order valence-electron chi connectivity index (χ3n) is 5.64. The maximum absolute atomic E-state index is 10.4. The number of rotatable bonds is 6. The summed E-state index contributed by atoms with van der Waals surface area (Å²) in [5.74, 6) is 0.909. The summed E-state index contributed by atoms with van der Waals surface area (Å²) in [4.78, 5) is 0. The fourth-order valence-corrected chi connectivity index (χ4v) is 3.99. The molecule has 0 aromatic heterocycles. The highest BCUT2D eigenvalue weighted by molar-refractivity contribution is 4.94. The largest absolute Gasteiger partial charge is 0.393 e. The Morgan fingerprint density at radius 2 is 2.11 bits per heavy atom. The van der Waals surface area contributed by atoms with Crippen LogP contribution in [-0.2, 0) is 0 Å². The van der Waals surface area contributed by atoms with Crippen LogP contribution in [0, 0.1) is 28.6 Å². The van der Waals surface area contributed by atoms with E-state index in [9.17, 15) is 5.11 Å². The van der Waals surface area contributed by atoms with Gasteiger partial charge < -0.3 is 5.11 Å². The van der Waals surface area contributed by atoms with Crippen molar-refractivity contribution in [1.82, 2.24) is 0 Å². The predicted molar refractivity (Wildman–Crippen MR) is 72.9 cm³/mol. The molecule has 18 heavy (non-hydrogen) atoms. The van der Waals surface area contributed by atoms with Crippen molar-refractivity contribution in [3.05, 3.63) is 0 Å². The van der Waals surface area contributed by atoms with E-state index in [0.717, 1.165) is 32.1 Å². The Morgan fingerprint density at radius 3 is 2.67 bits per heavy atom. The van der Waals surface area contributed by atoms with Crippen LogP contribution in [-0.4, -0.2) is 11.2 Å². The molecule has 1 N–H and O–H groups in total. The first-order chi connectivity index (χ1) is 8.72. The molecule has 2 aliphatic carbocycles. The van der Waals surface area contributed by atoms with Crippen molar-refractivity contribution >= 4 is 0 Å². The van der Waals surface area contributed by atoms with Crippen LogP contribution in [0.25, 0.3) is 0 Å². The molecule has 0 aromatic carbocycles. The number of nitriles is 1. The van der Waals surface area contributed by atoms with Gasteiger partial charge in [-0.2, -0.15) is 5.26 Å². The van der Waals surface area contributed by atoms with Crippen LogP contribution in [0.3, 0.4) is 0 Å². The number of hydrogen-bond donors (Lipinski definition) is 1. The second-order valence-electron chi connectivity index (χ2n) is 6.44. The van der Waals surface area contributed by atoms with Gasteiger partial charge in [0.05, 0.1) is 12.2 Å². The van der Waals surface area contributed by atoms with E-state index in [1.54, 1.807) is 0 Å². The first-order valence-corrected chi connectivity index (χ1v) is 7.79. The van der Waals surface area contributed by atoms with Gasteiger partial charge in [0, 0.05) is 5.92 Å². The fraction of sp³-hybridized carbons (Fsp3) is 0.938. The third kappa shape index (κ3) is 2.72. The maximum Gasteiger partial charge on any atom is 0.0658 e. The van der Waals surface area contributed by atoms with Gasteiger partial charge >= 0.3 is 0 Å². The van der Waals surface area contributed by atoms with Crippen LogP contribution in [0.5, 0.6) is 0 Å². The van der Waals surface area contributed by atoms with E-state index >= 15 is 0 Å². The van der Waals surface area contributed by atoms with E-state index in [1.165, 1.54) is 32.1 Å². The lowest BCUT2D eigenvalue weighted by Gasteiger charge is -2.45. The molecule has 2 fully saturated rings. The molecule has 2 nitrogen and oxygen atoms in total. The first-order valence-electron chi connectivity index (χ1n) is 7.79. The SMILES string of the molecule is CCC1(C(O)CCC[C@@H]2CCC[C@@H]2C#N)CCC1. The van der Waals surface area contributed by atoms with Gasteiger partial charge in [-0.25, -0.2) is 0 Å². The zero-order chi connectivity index (χ0) is 13.0. The van der Waals surface area contributed by atoms with Gasteiger partial charge in [0.25, 0.3) is 0 Å². The van der Waals surface area contributed by atoms with Crippen LogP contribution < -0.4 is 0 Å². The summed E-state index contributed by atoms with van der Waals surface area (Å²) in [5, 5.41) is 19.4. The number of nitrogens with zero attached hydrogens (tertiary/aromatic N) is 1. The number of aliphatic hydroxyl groups is 1. The Kier molecular flexibility index (Phi) is 4.67. The molecule has 3 atom stereocenters. The average Bonchev–Trinajstić information content (AvgIpc) is 2.76. The van der Waals surface area contributed by atoms with Crippen molar-refractivity contribution in [1.29, 1.82) is 5.26 Å². The normalized spacial score (nSPS) is 31.6. The van der Waals surface area contributed by atoms with Gasteiger partial charge in [-0.15, -0.1) is 0 Å². The van der Waals surface area contributed by atoms with Gasteiger partial charge in [0.1, 0.15) is 0 Å². The van der Waals surface area contributed by atoms with Gasteiger partial charge in [-0.3, -0.25) is 0 Å². The smallest absolute Gasteiger partial charge is 0.0658 e. The predicted octanol–water partition coefficient (Wildman–Crippen LogP) is 4.04. The Hall–Kier alpha value is -0.550. The highest BCUT2D eigenvalue weighted by atomic mass is 16.3. The summed E-state index contributed by atoms with van der Waals surface area (Å²) < 4.78 is 0. The Bertz CT molecular complexity index is 297. The molecule has 2 heteroatoms. The van der Waals surface area contributed by atoms with Crippen molar-refractivity contribution in [2.75, 3.05) is 0 Å². The molecule has 0 spiro atoms. The standard InChI is InChI=1S/C16H27NO/c1-2-16(10-5-11-16)15(18)9-4-7-13-6-3-8-14(13)12-17/h13-15,18H,2-11H2,1H3/t13-,14+,15?/m0/s1. The third-order valence-corrected chi connectivity index (χ3v) is 5.64. The van der Waals surface area contributed by atoms with Crippen LogP contribution in [0.15, 0.2) is 0 Å². The second kappa shape index (κ2) is 6.06. The van der Waals surface area contributed by atoms with Crippen LogP contribution in [0.1, 0.15) is 71.1 Å². The second-order valence-corrected chi connectivity index (χ2v) is 6.44. The molecular weight excluding hydrogens is 222 g/mol. The van der Waals surface area contributed by atoms with Gasteiger partial charge in [-0.05, 0) is 56.3 Å². The monoisotopic (exact) mass is 249 g/mol. The molecule has 102 valence electrons. The summed E-state index contributed by atoms with van der Waals surface area (Å²) in [6.07, 6.45) is 11.5.